The number of amides is 1. The minimum Gasteiger partial charge on any atom is -0.497 e. The fraction of sp³-hybridized carbons (Fsp3) is 0.160. The largest absolute Gasteiger partial charge is 0.497 e. The zero-order chi connectivity index (χ0) is 24.4. The van der Waals surface area contributed by atoms with E-state index in [1.165, 1.54) is 0 Å². The summed E-state index contributed by atoms with van der Waals surface area (Å²) in [6, 6.07) is 12.0. The van der Waals surface area contributed by atoms with E-state index in [-0.39, 0.29) is 5.91 Å². The smallest absolute Gasteiger partial charge is 0.255 e. The van der Waals surface area contributed by atoms with Gasteiger partial charge >= 0.3 is 0 Å². The van der Waals surface area contributed by atoms with Gasteiger partial charge in [-0.25, -0.2) is 4.68 Å². The normalized spacial score (nSPS) is 14.7. The molecule has 10 heteroatoms. The fourth-order valence-electron chi connectivity index (χ4n) is 4.04. The molecule has 0 radical (unpaired) electrons. The van der Waals surface area contributed by atoms with Gasteiger partial charge in [-0.3, -0.25) is 14.8 Å². The first-order valence-electron chi connectivity index (χ1n) is 10.9. The number of anilines is 2. The number of benzene rings is 1. The Morgan fingerprint density at radius 2 is 1.89 bits per heavy atom. The minimum atomic E-state index is -0.643. The molecule has 0 bridgehead atoms. The number of allylic oxidation sites excluding steroid dienone is 1. The molecule has 4 heterocycles. The summed E-state index contributed by atoms with van der Waals surface area (Å²) in [5.74, 6) is 1.92. The van der Waals surface area contributed by atoms with Gasteiger partial charge in [-0.2, -0.15) is 4.98 Å². The van der Waals surface area contributed by atoms with Crippen molar-refractivity contribution in [2.45, 2.75) is 13.0 Å². The molecule has 2 N–H and O–H groups in total. The lowest BCUT2D eigenvalue weighted by Gasteiger charge is -2.29. The van der Waals surface area contributed by atoms with Crippen molar-refractivity contribution in [3.05, 3.63) is 84.1 Å². The van der Waals surface area contributed by atoms with Gasteiger partial charge in [-0.1, -0.05) is 0 Å². The first-order valence-corrected chi connectivity index (χ1v) is 10.9. The lowest BCUT2D eigenvalue weighted by molar-refractivity contribution is -0.113. The fourth-order valence-corrected chi connectivity index (χ4v) is 4.04. The van der Waals surface area contributed by atoms with Crippen LogP contribution < -0.4 is 20.1 Å². The Morgan fingerprint density at radius 3 is 2.60 bits per heavy atom. The number of rotatable bonds is 6. The third kappa shape index (κ3) is 4.17. The molecule has 1 atom stereocenters. The van der Waals surface area contributed by atoms with Gasteiger partial charge in [-0.15, -0.1) is 5.10 Å². The summed E-state index contributed by atoms with van der Waals surface area (Å²) in [6.07, 6.45) is 6.60. The van der Waals surface area contributed by atoms with Gasteiger partial charge in [0.2, 0.25) is 5.95 Å². The molecule has 3 aromatic heterocycles. The van der Waals surface area contributed by atoms with Crippen molar-refractivity contribution in [3.8, 4) is 22.9 Å². The van der Waals surface area contributed by atoms with Crippen LogP contribution in [0, 0.1) is 0 Å². The van der Waals surface area contributed by atoms with Crippen LogP contribution in [0.1, 0.15) is 18.5 Å². The Hall–Kier alpha value is -4.73. The van der Waals surface area contributed by atoms with E-state index in [0.717, 1.165) is 5.56 Å². The van der Waals surface area contributed by atoms with Gasteiger partial charge in [0, 0.05) is 35.4 Å². The predicted octanol–water partition coefficient (Wildman–Crippen LogP) is 3.68. The van der Waals surface area contributed by atoms with E-state index in [2.05, 4.69) is 25.6 Å². The van der Waals surface area contributed by atoms with Crippen LogP contribution in [0.3, 0.4) is 0 Å². The average Bonchev–Trinajstić information content (AvgIpc) is 3.32. The summed E-state index contributed by atoms with van der Waals surface area (Å²) in [7, 11) is 3.18. The van der Waals surface area contributed by atoms with Crippen molar-refractivity contribution in [3.63, 3.8) is 0 Å². The highest BCUT2D eigenvalue weighted by atomic mass is 16.5. The molecule has 0 fully saturated rings. The van der Waals surface area contributed by atoms with Crippen LogP contribution in [-0.2, 0) is 4.79 Å². The van der Waals surface area contributed by atoms with Crippen LogP contribution in [0.2, 0.25) is 0 Å². The summed E-state index contributed by atoms with van der Waals surface area (Å²) in [6.45, 7) is 1.84. The Kier molecular flexibility index (Phi) is 5.84. The van der Waals surface area contributed by atoms with Crippen molar-refractivity contribution in [1.29, 1.82) is 0 Å². The van der Waals surface area contributed by atoms with E-state index in [9.17, 15) is 4.79 Å². The first-order chi connectivity index (χ1) is 17.1. The molecule has 1 unspecified atom stereocenters. The average molecular weight is 470 g/mol. The van der Waals surface area contributed by atoms with Crippen LogP contribution in [-0.4, -0.2) is 44.9 Å². The molecule has 0 aliphatic carbocycles. The number of aromatic nitrogens is 5. The summed E-state index contributed by atoms with van der Waals surface area (Å²) in [5, 5.41) is 10.9. The molecule has 1 aliphatic heterocycles. The molecule has 10 nitrogen and oxygen atoms in total. The summed E-state index contributed by atoms with van der Waals surface area (Å²) >= 11 is 0. The number of ether oxygens (including phenoxy) is 2. The van der Waals surface area contributed by atoms with Gasteiger partial charge in [0.15, 0.2) is 5.82 Å². The molecule has 35 heavy (non-hydrogen) atoms. The number of carbonyl (C=O) groups is 1. The molecule has 0 spiro atoms. The molecule has 0 saturated carbocycles. The van der Waals surface area contributed by atoms with Crippen LogP contribution in [0.5, 0.6) is 11.5 Å². The molecule has 1 aromatic carbocycles. The first kappa shape index (κ1) is 22.1. The van der Waals surface area contributed by atoms with Gasteiger partial charge in [0.1, 0.15) is 17.5 Å². The lowest BCUT2D eigenvalue weighted by Crippen LogP contribution is -2.31. The van der Waals surface area contributed by atoms with E-state index in [1.54, 1.807) is 61.9 Å². The maximum absolute atomic E-state index is 13.6. The van der Waals surface area contributed by atoms with Crippen LogP contribution in [0.25, 0.3) is 11.4 Å². The Bertz CT molecular complexity index is 1400. The Labute approximate surface area is 201 Å². The van der Waals surface area contributed by atoms with Gasteiger partial charge < -0.3 is 20.1 Å². The maximum Gasteiger partial charge on any atom is 0.255 e. The minimum absolute atomic E-state index is 0.301. The van der Waals surface area contributed by atoms with Crippen molar-refractivity contribution >= 4 is 17.5 Å². The molecule has 4 aromatic rings. The second-order valence-corrected chi connectivity index (χ2v) is 7.81. The van der Waals surface area contributed by atoms with Crippen molar-refractivity contribution in [2.75, 3.05) is 24.9 Å². The molecule has 176 valence electrons. The number of fused-ring (bicyclic) bond motifs is 1. The summed E-state index contributed by atoms with van der Waals surface area (Å²) < 4.78 is 12.8. The Balaban J connectivity index is 1.67. The van der Waals surface area contributed by atoms with E-state index in [4.69, 9.17) is 14.6 Å². The van der Waals surface area contributed by atoms with Crippen LogP contribution in [0.4, 0.5) is 11.6 Å². The van der Waals surface area contributed by atoms with Crippen molar-refractivity contribution in [2.24, 2.45) is 0 Å². The number of nitrogens with one attached hydrogen (secondary N) is 2. The number of carbonyl (C=O) groups excluding carboxylic acids is 1. The molecule has 5 rings (SSSR count). The predicted molar refractivity (Wildman–Crippen MR) is 130 cm³/mol. The van der Waals surface area contributed by atoms with E-state index >= 15 is 0 Å². The zero-order valence-electron chi connectivity index (χ0n) is 19.4. The van der Waals surface area contributed by atoms with Gasteiger partial charge in [0.05, 0.1) is 31.7 Å². The third-order valence-corrected chi connectivity index (χ3v) is 5.69. The van der Waals surface area contributed by atoms with Gasteiger partial charge in [-0.05, 0) is 49.4 Å². The second-order valence-electron chi connectivity index (χ2n) is 7.81. The number of methoxy groups -OCH3 is 2. The van der Waals surface area contributed by atoms with Gasteiger partial charge in [0.25, 0.3) is 5.91 Å². The van der Waals surface area contributed by atoms with Crippen LogP contribution >= 0.6 is 0 Å². The van der Waals surface area contributed by atoms with E-state index < -0.39 is 6.04 Å². The summed E-state index contributed by atoms with van der Waals surface area (Å²) in [5.41, 5.74) is 3.19. The Morgan fingerprint density at radius 1 is 1.06 bits per heavy atom. The zero-order valence-corrected chi connectivity index (χ0v) is 19.4. The number of nitrogens with zero attached hydrogens (tertiary/aromatic N) is 5. The molecule has 1 amide bonds. The third-order valence-electron chi connectivity index (χ3n) is 5.69. The summed E-state index contributed by atoms with van der Waals surface area (Å²) in [4.78, 5) is 26.5. The van der Waals surface area contributed by atoms with Crippen molar-refractivity contribution in [1.82, 2.24) is 24.7 Å². The maximum atomic E-state index is 13.6. The number of pyridine rings is 2. The van der Waals surface area contributed by atoms with Crippen LogP contribution in [0.15, 0.2) is 78.5 Å². The second kappa shape index (κ2) is 9.26. The van der Waals surface area contributed by atoms with E-state index in [1.807, 2.05) is 31.2 Å². The highest BCUT2D eigenvalue weighted by Crippen LogP contribution is 2.41. The SMILES string of the molecule is COc1ccc(OC)c(C2C(C(=O)Nc3cccnc3)=C(C)Nc3nc(-c4ccncc4)nn32)c1. The highest BCUT2D eigenvalue weighted by molar-refractivity contribution is 6.06. The highest BCUT2D eigenvalue weighted by Gasteiger charge is 2.36. The monoisotopic (exact) mass is 469 g/mol. The number of hydrogen-bond acceptors (Lipinski definition) is 8. The van der Waals surface area contributed by atoms with E-state index in [0.29, 0.717) is 45.8 Å². The quantitative estimate of drug-likeness (QED) is 0.439. The molecular formula is C25H23N7O3. The molecule has 0 saturated heterocycles. The number of hydrogen-bond donors (Lipinski definition) is 2. The standard InChI is InChI=1S/C25H23N7O3/c1-15-21(24(33)29-17-5-4-10-27-14-17)22(19-13-18(34-2)6-7-20(19)35-3)32-25(28-15)30-23(31-32)16-8-11-26-12-9-16/h4-14,22H,1-3H3,(H,29,33)(H,28,30,31). The van der Waals surface area contributed by atoms with Crippen molar-refractivity contribution < 1.29 is 14.3 Å². The lowest BCUT2D eigenvalue weighted by atomic mass is 9.94. The molecular weight excluding hydrogens is 446 g/mol. The molecule has 1 aliphatic rings. The topological polar surface area (TPSA) is 116 Å².